The van der Waals surface area contributed by atoms with Crippen LogP contribution in [0.5, 0.6) is 5.88 Å². The maximum Gasteiger partial charge on any atom is 0.337 e. The zero-order valence-electron chi connectivity index (χ0n) is 26.0. The molecule has 45 heavy (non-hydrogen) atoms. The first-order chi connectivity index (χ1) is 21.9. The number of nitrogens with zero attached hydrogens (tertiary/aromatic N) is 4. The van der Waals surface area contributed by atoms with Gasteiger partial charge in [0.25, 0.3) is 0 Å². The van der Waals surface area contributed by atoms with Gasteiger partial charge in [0.1, 0.15) is 6.10 Å². The number of thioether (sulfide) groups is 1. The van der Waals surface area contributed by atoms with E-state index in [4.69, 9.17) is 14.5 Å². The highest BCUT2D eigenvalue weighted by molar-refractivity contribution is 7.98. The molecule has 236 valence electrons. The van der Waals surface area contributed by atoms with E-state index in [-0.39, 0.29) is 18.6 Å². The van der Waals surface area contributed by atoms with E-state index in [0.29, 0.717) is 29.4 Å². The molecular formula is C34H40N6O4S. The van der Waals surface area contributed by atoms with Gasteiger partial charge in [0, 0.05) is 42.5 Å². The van der Waals surface area contributed by atoms with Crippen molar-refractivity contribution in [1.29, 1.82) is 0 Å². The number of likely N-dealkylation sites (tertiary alicyclic amines) is 1. The molecule has 11 heteroatoms. The molecule has 4 aromatic rings. The molecule has 0 atom stereocenters. The number of ether oxygens (including phenoxy) is 2. The number of pyridine rings is 1. The van der Waals surface area contributed by atoms with Crippen LogP contribution in [-0.2, 0) is 28.4 Å². The smallest absolute Gasteiger partial charge is 0.337 e. The number of rotatable bonds is 13. The van der Waals surface area contributed by atoms with Gasteiger partial charge in [-0.1, -0.05) is 23.8 Å². The quantitative estimate of drug-likeness (QED) is 0.141. The first-order valence-corrected chi connectivity index (χ1v) is 16.2. The van der Waals surface area contributed by atoms with Gasteiger partial charge in [0.15, 0.2) is 0 Å². The van der Waals surface area contributed by atoms with Crippen molar-refractivity contribution in [3.8, 4) is 5.88 Å². The Kier molecular flexibility index (Phi) is 11.1. The Hall–Kier alpha value is -4.35. The lowest BCUT2D eigenvalue weighted by atomic mass is 10.1. The maximum atomic E-state index is 13.1. The monoisotopic (exact) mass is 628 g/mol. The number of nitrogens with one attached hydrogen (secondary N) is 2. The number of amides is 1. The summed E-state index contributed by atoms with van der Waals surface area (Å²) < 4.78 is 13.2. The van der Waals surface area contributed by atoms with Crippen LogP contribution in [0.4, 0.5) is 11.4 Å². The number of carbonyl (C=O) groups is 2. The lowest BCUT2D eigenvalue weighted by Crippen LogP contribution is -2.42. The van der Waals surface area contributed by atoms with Crippen LogP contribution in [0.1, 0.15) is 47.1 Å². The molecule has 0 radical (unpaired) electrons. The molecule has 1 amide bonds. The van der Waals surface area contributed by atoms with Crippen molar-refractivity contribution in [3.63, 3.8) is 0 Å². The fraction of sp³-hybridized carbons (Fsp3) is 0.353. The summed E-state index contributed by atoms with van der Waals surface area (Å²) in [4.78, 5) is 37.6. The topological polar surface area (TPSA) is 111 Å². The predicted molar refractivity (Wildman–Crippen MR) is 177 cm³/mol. The van der Waals surface area contributed by atoms with Crippen molar-refractivity contribution in [2.75, 3.05) is 37.4 Å². The van der Waals surface area contributed by atoms with Crippen molar-refractivity contribution in [2.45, 2.75) is 56.5 Å². The molecule has 1 saturated heterocycles. The Labute approximate surface area is 268 Å². The zero-order valence-corrected chi connectivity index (χ0v) is 26.8. The molecule has 3 heterocycles. The molecule has 1 fully saturated rings. The van der Waals surface area contributed by atoms with Crippen LogP contribution in [0.2, 0.25) is 0 Å². The van der Waals surface area contributed by atoms with Gasteiger partial charge in [-0.15, -0.1) is 11.8 Å². The number of methoxy groups -OCH3 is 1. The first-order valence-electron chi connectivity index (χ1n) is 15.2. The second kappa shape index (κ2) is 15.6. The van der Waals surface area contributed by atoms with Crippen LogP contribution in [0.15, 0.2) is 78.1 Å². The van der Waals surface area contributed by atoms with E-state index < -0.39 is 5.97 Å². The number of aromatic nitrogens is 3. The third-order valence-corrected chi connectivity index (χ3v) is 8.74. The first kappa shape index (κ1) is 32.1. The number of imidazole rings is 1. The SMILES string of the molecule is CCn1cncc1CNc1cc(C(=O)OC)ccc1NC(=O)CN1CCC(Oc2cccc(CSc3ccc(C)cc3)n2)CC1. The Morgan fingerprint density at radius 2 is 1.84 bits per heavy atom. The van der Waals surface area contributed by atoms with Gasteiger partial charge in [0.05, 0.1) is 54.9 Å². The molecule has 2 aromatic carbocycles. The Bertz CT molecular complexity index is 1580. The number of carbonyl (C=O) groups excluding carboxylic acids is 2. The number of anilines is 2. The predicted octanol–water partition coefficient (Wildman–Crippen LogP) is 5.78. The highest BCUT2D eigenvalue weighted by Crippen LogP contribution is 2.26. The summed E-state index contributed by atoms with van der Waals surface area (Å²) in [5.41, 5.74) is 4.85. The van der Waals surface area contributed by atoms with E-state index >= 15 is 0 Å². The number of aryl methyl sites for hydroxylation is 2. The third-order valence-electron chi connectivity index (χ3n) is 7.69. The van der Waals surface area contributed by atoms with E-state index in [1.54, 1.807) is 42.5 Å². The van der Waals surface area contributed by atoms with Crippen LogP contribution in [-0.4, -0.2) is 64.2 Å². The second-order valence-electron chi connectivity index (χ2n) is 11.0. The van der Waals surface area contributed by atoms with E-state index in [2.05, 4.69) is 51.7 Å². The lowest BCUT2D eigenvalue weighted by Gasteiger charge is -2.31. The summed E-state index contributed by atoms with van der Waals surface area (Å²) in [6.07, 6.45) is 5.24. The average molecular weight is 629 g/mol. The number of esters is 1. The van der Waals surface area contributed by atoms with Gasteiger partial charge in [-0.3, -0.25) is 9.69 Å². The maximum absolute atomic E-state index is 13.1. The fourth-order valence-electron chi connectivity index (χ4n) is 5.15. The molecule has 2 N–H and O–H groups in total. The van der Waals surface area contributed by atoms with Crippen molar-refractivity contribution in [2.24, 2.45) is 0 Å². The number of hydrogen-bond acceptors (Lipinski definition) is 9. The molecule has 0 saturated carbocycles. The van der Waals surface area contributed by atoms with Gasteiger partial charge < -0.3 is 24.7 Å². The van der Waals surface area contributed by atoms with Crippen LogP contribution in [0.25, 0.3) is 0 Å². The summed E-state index contributed by atoms with van der Waals surface area (Å²) in [6, 6.07) is 19.5. The molecule has 0 bridgehead atoms. The van der Waals surface area contributed by atoms with Crippen LogP contribution >= 0.6 is 11.8 Å². The Morgan fingerprint density at radius 1 is 1.04 bits per heavy atom. The van der Waals surface area contributed by atoms with Crippen molar-refractivity contribution >= 4 is 35.0 Å². The minimum Gasteiger partial charge on any atom is -0.474 e. The van der Waals surface area contributed by atoms with Gasteiger partial charge in [0.2, 0.25) is 11.8 Å². The second-order valence-corrected chi connectivity index (χ2v) is 12.0. The highest BCUT2D eigenvalue weighted by Gasteiger charge is 2.23. The average Bonchev–Trinajstić information content (AvgIpc) is 3.52. The van der Waals surface area contributed by atoms with Gasteiger partial charge in [-0.05, 0) is 63.1 Å². The van der Waals surface area contributed by atoms with E-state index in [1.807, 2.05) is 29.7 Å². The Morgan fingerprint density at radius 3 is 2.60 bits per heavy atom. The molecule has 0 spiro atoms. The summed E-state index contributed by atoms with van der Waals surface area (Å²) in [5.74, 6) is 0.857. The third kappa shape index (κ3) is 9.09. The molecule has 0 unspecified atom stereocenters. The molecule has 1 aliphatic heterocycles. The van der Waals surface area contributed by atoms with E-state index in [1.165, 1.54) is 17.6 Å². The highest BCUT2D eigenvalue weighted by atomic mass is 32.2. The molecular weight excluding hydrogens is 588 g/mol. The summed E-state index contributed by atoms with van der Waals surface area (Å²) in [6.45, 7) is 7.16. The van der Waals surface area contributed by atoms with Crippen molar-refractivity contribution < 1.29 is 19.1 Å². The van der Waals surface area contributed by atoms with Crippen molar-refractivity contribution in [3.05, 3.63) is 95.7 Å². The molecule has 1 aliphatic rings. The lowest BCUT2D eigenvalue weighted by molar-refractivity contribution is -0.117. The molecule has 2 aromatic heterocycles. The fourth-order valence-corrected chi connectivity index (χ4v) is 5.96. The molecule has 0 aliphatic carbocycles. The van der Waals surface area contributed by atoms with Gasteiger partial charge in [-0.25, -0.2) is 14.8 Å². The van der Waals surface area contributed by atoms with Crippen LogP contribution in [0.3, 0.4) is 0 Å². The van der Waals surface area contributed by atoms with Crippen LogP contribution < -0.4 is 15.4 Å². The largest absolute Gasteiger partial charge is 0.474 e. The molecule has 5 rings (SSSR count). The zero-order chi connectivity index (χ0) is 31.6. The van der Waals surface area contributed by atoms with E-state index in [0.717, 1.165) is 49.6 Å². The Balaban J connectivity index is 1.11. The van der Waals surface area contributed by atoms with Crippen LogP contribution in [0, 0.1) is 6.92 Å². The van der Waals surface area contributed by atoms with Crippen molar-refractivity contribution in [1.82, 2.24) is 19.4 Å². The summed E-state index contributed by atoms with van der Waals surface area (Å²) >= 11 is 1.76. The van der Waals surface area contributed by atoms with E-state index in [9.17, 15) is 9.59 Å². The number of benzene rings is 2. The summed E-state index contributed by atoms with van der Waals surface area (Å²) in [7, 11) is 1.35. The standard InChI is InChI=1S/C34H40N6O4S/c1-4-40-23-35-19-27(40)20-36-31-18-25(34(42)43-3)10-13-30(31)38-32(41)21-39-16-14-28(15-17-39)44-33-7-5-6-26(37-33)22-45-29-11-8-24(2)9-12-29/h5-13,18-19,23,28,36H,4,14-17,20-22H2,1-3H3,(H,38,41). The minimum absolute atomic E-state index is 0.0510. The number of hydrogen-bond donors (Lipinski definition) is 2. The summed E-state index contributed by atoms with van der Waals surface area (Å²) in [5, 5.41) is 6.37. The molecule has 10 nitrogen and oxygen atoms in total. The minimum atomic E-state index is -0.442. The normalized spacial score (nSPS) is 13.8. The van der Waals surface area contributed by atoms with Gasteiger partial charge in [-0.2, -0.15) is 0 Å². The number of piperidine rings is 1. The van der Waals surface area contributed by atoms with Gasteiger partial charge >= 0.3 is 5.97 Å².